The second-order valence-corrected chi connectivity index (χ2v) is 12.4. The Morgan fingerprint density at radius 1 is 1.30 bits per heavy atom. The number of aromatic nitrogens is 4. The van der Waals surface area contributed by atoms with Crippen LogP contribution in [0.15, 0.2) is 72.6 Å². The number of fused-ring (bicyclic) bond motifs is 1. The molecule has 2 amide bonds. The summed E-state index contributed by atoms with van der Waals surface area (Å²) < 4.78 is 0.698. The second-order valence-electron chi connectivity index (χ2n) is 8.10. The minimum Gasteiger partial charge on any atom is -0.477 e. The van der Waals surface area contributed by atoms with E-state index < -0.39 is 29.2 Å². The van der Waals surface area contributed by atoms with Gasteiger partial charge < -0.3 is 21.0 Å². The zero-order valence-corrected chi connectivity index (χ0v) is 23.9. The Morgan fingerprint density at radius 2 is 2.10 bits per heavy atom. The maximum Gasteiger partial charge on any atom is 0.352 e. The van der Waals surface area contributed by atoms with Crippen molar-refractivity contribution in [2.45, 2.75) is 25.7 Å². The first kappa shape index (κ1) is 27.9. The standard InChI is InChI=1S/C23H20N8O5S4/c1-36-30-15(18-26-13(24)7-14(27-18)40-12-5-3-2-4-6-12)19(32)28-16-20(33)31-17(22(34)35)11(8-37-21(16)31)9-38-23-29-25-10-39-23/h2-7,10,16,21H,8-9H2,1H3,(H,28,32)(H,34,35)(H2,24,26,27)/t16?,21-/m0/s1. The van der Waals surface area contributed by atoms with Crippen LogP contribution in [-0.2, 0) is 19.2 Å². The van der Waals surface area contributed by atoms with Crippen molar-refractivity contribution in [1.29, 1.82) is 0 Å². The number of hydrogen-bond donors (Lipinski definition) is 3. The molecule has 1 aromatic carbocycles. The number of nitrogens with one attached hydrogen (secondary N) is 1. The van der Waals surface area contributed by atoms with E-state index >= 15 is 0 Å². The normalized spacial score (nSPS) is 18.7. The van der Waals surface area contributed by atoms with Crippen molar-refractivity contribution in [3.63, 3.8) is 0 Å². The monoisotopic (exact) mass is 616 g/mol. The molecule has 3 aromatic rings. The van der Waals surface area contributed by atoms with Crippen molar-refractivity contribution in [3.8, 4) is 0 Å². The van der Waals surface area contributed by atoms with Crippen molar-refractivity contribution >= 4 is 75.9 Å². The molecule has 0 saturated carbocycles. The number of nitrogen functional groups attached to an aromatic ring is 1. The van der Waals surface area contributed by atoms with E-state index in [-0.39, 0.29) is 23.1 Å². The number of amides is 2. The lowest BCUT2D eigenvalue weighted by atomic mass is 10.0. The highest BCUT2D eigenvalue weighted by atomic mass is 32.2. The molecule has 2 atom stereocenters. The van der Waals surface area contributed by atoms with Crippen LogP contribution in [0.2, 0.25) is 0 Å². The molecular weight excluding hydrogens is 597 g/mol. The zero-order valence-electron chi connectivity index (χ0n) is 20.6. The first-order valence-electron chi connectivity index (χ1n) is 11.4. The average molecular weight is 617 g/mol. The number of rotatable bonds is 10. The highest BCUT2D eigenvalue weighted by Gasteiger charge is 2.54. The number of carbonyl (C=O) groups is 3. The predicted octanol–water partition coefficient (Wildman–Crippen LogP) is 1.94. The van der Waals surface area contributed by atoms with Crippen molar-refractivity contribution in [3.05, 3.63) is 59.0 Å². The number of nitrogens with two attached hydrogens (primary N) is 1. The lowest BCUT2D eigenvalue weighted by molar-refractivity contribution is -0.150. The Hall–Kier alpha value is -3.67. The van der Waals surface area contributed by atoms with Crippen LogP contribution >= 0.6 is 46.6 Å². The van der Waals surface area contributed by atoms with Crippen LogP contribution in [0.3, 0.4) is 0 Å². The zero-order chi connectivity index (χ0) is 28.2. The third kappa shape index (κ3) is 5.91. The second kappa shape index (κ2) is 12.2. The molecule has 2 aliphatic heterocycles. The van der Waals surface area contributed by atoms with E-state index in [1.54, 1.807) is 11.6 Å². The third-order valence-corrected chi connectivity index (χ3v) is 9.76. The summed E-state index contributed by atoms with van der Waals surface area (Å²) in [5.74, 6) is -1.78. The average Bonchev–Trinajstić information content (AvgIpc) is 3.46. The van der Waals surface area contributed by atoms with Crippen molar-refractivity contribution < 1.29 is 24.3 Å². The summed E-state index contributed by atoms with van der Waals surface area (Å²) >= 11 is 5.38. The largest absolute Gasteiger partial charge is 0.477 e. The molecular formula is C23H20N8O5S4. The lowest BCUT2D eigenvalue weighted by Crippen LogP contribution is -2.71. The van der Waals surface area contributed by atoms with Crippen LogP contribution in [0, 0.1) is 0 Å². The van der Waals surface area contributed by atoms with E-state index in [2.05, 4.69) is 30.6 Å². The molecule has 0 spiro atoms. The first-order valence-corrected chi connectivity index (χ1v) is 15.2. The summed E-state index contributed by atoms with van der Waals surface area (Å²) in [6.45, 7) is 0. The van der Waals surface area contributed by atoms with Gasteiger partial charge in [0, 0.05) is 22.5 Å². The van der Waals surface area contributed by atoms with Crippen LogP contribution in [0.4, 0.5) is 5.82 Å². The van der Waals surface area contributed by atoms with Gasteiger partial charge in [0.05, 0.1) is 0 Å². The van der Waals surface area contributed by atoms with Gasteiger partial charge in [-0.15, -0.1) is 22.0 Å². The highest BCUT2D eigenvalue weighted by molar-refractivity contribution is 8.01. The van der Waals surface area contributed by atoms with Crippen LogP contribution in [0.5, 0.6) is 0 Å². The van der Waals surface area contributed by atoms with Crippen molar-refractivity contribution in [2.75, 3.05) is 24.3 Å². The van der Waals surface area contributed by atoms with Gasteiger partial charge in [0.2, 0.25) is 5.71 Å². The Bertz CT molecular complexity index is 1500. The summed E-state index contributed by atoms with van der Waals surface area (Å²) in [6, 6.07) is 10.0. The Balaban J connectivity index is 1.32. The summed E-state index contributed by atoms with van der Waals surface area (Å²) in [6.07, 6.45) is 0. The molecule has 40 heavy (non-hydrogen) atoms. The molecule has 206 valence electrons. The van der Waals surface area contributed by atoms with Crippen LogP contribution < -0.4 is 11.1 Å². The molecule has 0 bridgehead atoms. The topological polar surface area (TPSA) is 186 Å². The Morgan fingerprint density at radius 3 is 2.80 bits per heavy atom. The fraction of sp³-hybridized carbons (Fsp3) is 0.217. The summed E-state index contributed by atoms with van der Waals surface area (Å²) in [5, 5.41) is 23.9. The summed E-state index contributed by atoms with van der Waals surface area (Å²) in [7, 11) is 1.26. The lowest BCUT2D eigenvalue weighted by Gasteiger charge is -2.49. The molecule has 5 rings (SSSR count). The first-order chi connectivity index (χ1) is 19.4. The molecule has 4 heterocycles. The number of benzene rings is 1. The number of nitrogens with zero attached hydrogens (tertiary/aromatic N) is 6. The minimum atomic E-state index is -1.21. The third-order valence-electron chi connectivity index (χ3n) is 5.54. The van der Waals surface area contributed by atoms with Gasteiger partial charge in [0.15, 0.2) is 10.2 Å². The van der Waals surface area contributed by atoms with E-state index in [0.717, 1.165) is 4.90 Å². The molecule has 0 radical (unpaired) electrons. The van der Waals surface area contributed by atoms with E-state index in [9.17, 15) is 19.5 Å². The van der Waals surface area contributed by atoms with Crippen LogP contribution in [0.1, 0.15) is 5.82 Å². The molecule has 1 unspecified atom stereocenters. The molecule has 2 aliphatic rings. The Kier molecular flexibility index (Phi) is 8.53. The Labute approximate surface area is 244 Å². The fourth-order valence-electron chi connectivity index (χ4n) is 3.86. The molecule has 2 aromatic heterocycles. The highest BCUT2D eigenvalue weighted by Crippen LogP contribution is 2.41. The van der Waals surface area contributed by atoms with E-state index in [1.807, 2.05) is 30.3 Å². The number of thioether (sulfide) groups is 2. The van der Waals surface area contributed by atoms with Gasteiger partial charge >= 0.3 is 5.97 Å². The van der Waals surface area contributed by atoms with Crippen LogP contribution in [0.25, 0.3) is 0 Å². The predicted molar refractivity (Wildman–Crippen MR) is 151 cm³/mol. The summed E-state index contributed by atoms with van der Waals surface area (Å²) in [4.78, 5) is 54.0. The van der Waals surface area contributed by atoms with Crippen molar-refractivity contribution in [1.82, 2.24) is 30.4 Å². The van der Waals surface area contributed by atoms with Gasteiger partial charge in [-0.3, -0.25) is 14.5 Å². The number of carboxylic acid groups (broad SMARTS) is 1. The number of carbonyl (C=O) groups excluding carboxylic acids is 2. The smallest absolute Gasteiger partial charge is 0.352 e. The van der Waals surface area contributed by atoms with Crippen molar-refractivity contribution in [2.24, 2.45) is 5.16 Å². The van der Waals surface area contributed by atoms with Gasteiger partial charge in [-0.05, 0) is 17.7 Å². The molecule has 1 fully saturated rings. The SMILES string of the molecule is CON=C(C(=O)NC1C(=O)N2C(C(=O)O)=C(CSc3nncs3)CS[C@@H]12)c1nc(N)cc(Sc2ccccc2)n1. The van der Waals surface area contributed by atoms with Gasteiger partial charge in [-0.1, -0.05) is 58.2 Å². The molecule has 0 aliphatic carbocycles. The maximum atomic E-state index is 13.3. The quantitative estimate of drug-likeness (QED) is 0.0987. The molecule has 4 N–H and O–H groups in total. The number of carboxylic acids is 1. The van der Waals surface area contributed by atoms with Gasteiger partial charge in [0.1, 0.15) is 40.6 Å². The fourth-order valence-corrected chi connectivity index (χ4v) is 7.68. The van der Waals surface area contributed by atoms with Gasteiger partial charge in [-0.2, -0.15) is 0 Å². The number of β-lactam (4-membered cyclic amide) rings is 1. The molecule has 17 heteroatoms. The van der Waals surface area contributed by atoms with Gasteiger partial charge in [0.25, 0.3) is 11.8 Å². The summed E-state index contributed by atoms with van der Waals surface area (Å²) in [5.41, 5.74) is 7.80. The number of oxime groups is 1. The number of aliphatic carboxylic acids is 1. The van der Waals surface area contributed by atoms with E-state index in [0.29, 0.717) is 26.4 Å². The maximum absolute atomic E-state index is 13.3. The molecule has 1 saturated heterocycles. The number of anilines is 1. The minimum absolute atomic E-state index is 0.0798. The van der Waals surface area contributed by atoms with Crippen LogP contribution in [-0.4, -0.2) is 83.7 Å². The van der Waals surface area contributed by atoms with E-state index in [1.165, 1.54) is 58.6 Å². The number of hydrogen-bond acceptors (Lipinski definition) is 14. The van der Waals surface area contributed by atoms with E-state index in [4.69, 9.17) is 10.6 Å². The van der Waals surface area contributed by atoms with Gasteiger partial charge in [-0.25, -0.2) is 14.8 Å². The molecule has 13 nitrogen and oxygen atoms in total.